The maximum Gasteiger partial charge on any atom is 0.140 e. The summed E-state index contributed by atoms with van der Waals surface area (Å²) in [6.07, 6.45) is 10.0. The van der Waals surface area contributed by atoms with Gasteiger partial charge in [-0.3, -0.25) is 0 Å². The number of pyridine rings is 1. The summed E-state index contributed by atoms with van der Waals surface area (Å²) in [5.41, 5.74) is 7.60. The summed E-state index contributed by atoms with van der Waals surface area (Å²) < 4.78 is 0. The zero-order valence-corrected chi connectivity index (χ0v) is 19.7. The molecule has 0 aliphatic heterocycles. The SMILES string of the molecule is CC(C)c1cccc(C(C)C)c1[NH2+]C(c1cccc(-c2ccccc2)n1)C1C=CC=CC1. The molecule has 2 heteroatoms. The molecule has 2 atom stereocenters. The minimum absolute atomic E-state index is 0.220. The Balaban J connectivity index is 1.79. The number of benzene rings is 2. The summed E-state index contributed by atoms with van der Waals surface area (Å²) in [7, 11) is 0. The van der Waals surface area contributed by atoms with Crippen molar-refractivity contribution in [2.24, 2.45) is 5.92 Å². The van der Waals surface area contributed by atoms with Gasteiger partial charge >= 0.3 is 0 Å². The van der Waals surface area contributed by atoms with Crippen LogP contribution in [-0.4, -0.2) is 4.98 Å². The lowest BCUT2D eigenvalue weighted by Crippen LogP contribution is -2.81. The van der Waals surface area contributed by atoms with Gasteiger partial charge in [-0.1, -0.05) is 107 Å². The molecule has 2 aromatic carbocycles. The molecular formula is C30H35N2+. The van der Waals surface area contributed by atoms with Gasteiger partial charge in [0.15, 0.2) is 0 Å². The standard InChI is InChI=1S/C30H34N2/c1-21(2)25-17-11-18-26(22(3)4)30(25)32-29(24-15-9-6-10-16-24)28-20-12-19-27(31-28)23-13-7-5-8-14-23/h5-15,17-22,24,29,32H,16H2,1-4H3/p+1. The van der Waals surface area contributed by atoms with Gasteiger partial charge in [0.1, 0.15) is 11.7 Å². The first-order valence-corrected chi connectivity index (χ1v) is 11.9. The third-order valence-corrected chi connectivity index (χ3v) is 6.42. The molecule has 1 aliphatic carbocycles. The highest BCUT2D eigenvalue weighted by Gasteiger charge is 2.30. The van der Waals surface area contributed by atoms with Crippen LogP contribution in [0.2, 0.25) is 0 Å². The van der Waals surface area contributed by atoms with Crippen molar-refractivity contribution in [3.8, 4) is 11.3 Å². The van der Waals surface area contributed by atoms with Crippen molar-refractivity contribution < 1.29 is 5.32 Å². The van der Waals surface area contributed by atoms with Crippen LogP contribution in [0.5, 0.6) is 0 Å². The Labute approximate surface area is 193 Å². The average molecular weight is 424 g/mol. The van der Waals surface area contributed by atoms with E-state index >= 15 is 0 Å². The zero-order valence-electron chi connectivity index (χ0n) is 19.7. The number of nitrogens with zero attached hydrogens (tertiary/aromatic N) is 1. The summed E-state index contributed by atoms with van der Waals surface area (Å²) in [6, 6.07) is 24.0. The molecule has 0 radical (unpaired) electrons. The average Bonchev–Trinajstić information content (AvgIpc) is 2.83. The zero-order chi connectivity index (χ0) is 22.5. The summed E-state index contributed by atoms with van der Waals surface area (Å²) >= 11 is 0. The van der Waals surface area contributed by atoms with Crippen molar-refractivity contribution in [2.45, 2.75) is 52.0 Å². The minimum Gasteiger partial charge on any atom is -0.305 e. The van der Waals surface area contributed by atoms with Crippen LogP contribution in [0.15, 0.2) is 91.0 Å². The Morgan fingerprint density at radius 1 is 0.781 bits per heavy atom. The van der Waals surface area contributed by atoms with Crippen molar-refractivity contribution in [1.82, 2.24) is 4.98 Å². The van der Waals surface area contributed by atoms with Crippen molar-refractivity contribution in [3.05, 3.63) is 108 Å². The molecule has 2 nitrogen and oxygen atoms in total. The van der Waals surface area contributed by atoms with Gasteiger partial charge in [-0.05, 0) is 30.4 Å². The van der Waals surface area contributed by atoms with Crippen LogP contribution in [0.3, 0.4) is 0 Å². The van der Waals surface area contributed by atoms with Crippen LogP contribution in [0.25, 0.3) is 11.3 Å². The molecule has 2 N–H and O–H groups in total. The first-order chi connectivity index (χ1) is 15.5. The molecule has 164 valence electrons. The van der Waals surface area contributed by atoms with Gasteiger partial charge in [0.05, 0.1) is 11.4 Å². The highest BCUT2D eigenvalue weighted by Crippen LogP contribution is 2.32. The van der Waals surface area contributed by atoms with Gasteiger partial charge in [-0.15, -0.1) is 0 Å². The maximum atomic E-state index is 5.17. The highest BCUT2D eigenvalue weighted by molar-refractivity contribution is 5.59. The van der Waals surface area contributed by atoms with E-state index in [0.717, 1.165) is 23.4 Å². The molecular weight excluding hydrogens is 388 g/mol. The second kappa shape index (κ2) is 10.1. The quantitative estimate of drug-likeness (QED) is 0.405. The lowest BCUT2D eigenvalue weighted by molar-refractivity contribution is -0.626. The number of allylic oxidation sites excluding steroid dienone is 3. The Morgan fingerprint density at radius 2 is 1.47 bits per heavy atom. The van der Waals surface area contributed by atoms with Gasteiger partial charge in [-0.25, -0.2) is 4.98 Å². The molecule has 0 amide bonds. The number of hydrogen-bond acceptors (Lipinski definition) is 1. The second-order valence-electron chi connectivity index (χ2n) is 9.38. The second-order valence-corrected chi connectivity index (χ2v) is 9.38. The first kappa shape index (κ1) is 22.2. The lowest BCUT2D eigenvalue weighted by atomic mass is 9.87. The number of aromatic nitrogens is 1. The van der Waals surface area contributed by atoms with E-state index in [1.54, 1.807) is 0 Å². The van der Waals surface area contributed by atoms with Crippen molar-refractivity contribution in [1.29, 1.82) is 0 Å². The van der Waals surface area contributed by atoms with E-state index in [0.29, 0.717) is 17.8 Å². The highest BCUT2D eigenvalue weighted by atomic mass is 15.0. The van der Waals surface area contributed by atoms with E-state index in [9.17, 15) is 0 Å². The largest absolute Gasteiger partial charge is 0.305 e. The predicted octanol–water partition coefficient (Wildman–Crippen LogP) is 7.06. The van der Waals surface area contributed by atoms with Crippen LogP contribution in [0.4, 0.5) is 5.69 Å². The minimum atomic E-state index is 0.220. The van der Waals surface area contributed by atoms with Gasteiger partial charge < -0.3 is 5.32 Å². The predicted molar refractivity (Wildman–Crippen MR) is 135 cm³/mol. The van der Waals surface area contributed by atoms with Crippen molar-refractivity contribution in [3.63, 3.8) is 0 Å². The Bertz CT molecular complexity index is 1070. The fourth-order valence-electron chi connectivity index (χ4n) is 4.68. The third kappa shape index (κ3) is 4.92. The first-order valence-electron chi connectivity index (χ1n) is 11.9. The molecule has 1 aromatic heterocycles. The number of hydrogen-bond donors (Lipinski definition) is 1. The molecule has 0 fully saturated rings. The summed E-state index contributed by atoms with van der Waals surface area (Å²) in [5.74, 6) is 1.36. The summed E-state index contributed by atoms with van der Waals surface area (Å²) in [6.45, 7) is 9.18. The Hall–Kier alpha value is -2.97. The van der Waals surface area contributed by atoms with E-state index < -0.39 is 0 Å². The molecule has 3 aromatic rings. The number of quaternary nitrogens is 1. The van der Waals surface area contributed by atoms with Crippen LogP contribution in [-0.2, 0) is 0 Å². The maximum absolute atomic E-state index is 5.17. The lowest BCUT2D eigenvalue weighted by Gasteiger charge is -2.26. The number of para-hydroxylation sites is 1. The van der Waals surface area contributed by atoms with E-state index in [1.807, 2.05) is 0 Å². The van der Waals surface area contributed by atoms with Gasteiger partial charge in [0.2, 0.25) is 0 Å². The number of rotatable bonds is 7. The molecule has 1 heterocycles. The van der Waals surface area contributed by atoms with Crippen LogP contribution in [0.1, 0.15) is 68.8 Å². The van der Waals surface area contributed by atoms with Crippen molar-refractivity contribution in [2.75, 3.05) is 0 Å². The van der Waals surface area contributed by atoms with Crippen LogP contribution >= 0.6 is 0 Å². The Kier molecular flexibility index (Phi) is 7.02. The third-order valence-electron chi connectivity index (χ3n) is 6.42. The van der Waals surface area contributed by atoms with Gasteiger partial charge in [0, 0.05) is 22.6 Å². The molecule has 0 saturated heterocycles. The smallest absolute Gasteiger partial charge is 0.140 e. The van der Waals surface area contributed by atoms with Gasteiger partial charge in [-0.2, -0.15) is 0 Å². The monoisotopic (exact) mass is 423 g/mol. The summed E-state index contributed by atoms with van der Waals surface area (Å²) in [5, 5.41) is 2.51. The fraction of sp³-hybridized carbons (Fsp3) is 0.300. The van der Waals surface area contributed by atoms with E-state index in [1.165, 1.54) is 16.8 Å². The molecule has 1 aliphatic rings. The van der Waals surface area contributed by atoms with E-state index in [2.05, 4.69) is 124 Å². The van der Waals surface area contributed by atoms with Crippen LogP contribution in [0, 0.1) is 5.92 Å². The molecule has 4 rings (SSSR count). The summed E-state index contributed by atoms with van der Waals surface area (Å²) in [4.78, 5) is 5.17. The van der Waals surface area contributed by atoms with E-state index in [-0.39, 0.29) is 6.04 Å². The van der Waals surface area contributed by atoms with Crippen molar-refractivity contribution >= 4 is 5.69 Å². The van der Waals surface area contributed by atoms with Crippen LogP contribution < -0.4 is 5.32 Å². The molecule has 0 saturated carbocycles. The normalized spacial score (nSPS) is 16.6. The number of nitrogens with two attached hydrogens (primary N) is 1. The molecule has 32 heavy (non-hydrogen) atoms. The molecule has 0 bridgehead atoms. The topological polar surface area (TPSA) is 29.5 Å². The fourth-order valence-corrected chi connectivity index (χ4v) is 4.68. The molecule has 0 spiro atoms. The van der Waals surface area contributed by atoms with Gasteiger partial charge in [0.25, 0.3) is 0 Å². The van der Waals surface area contributed by atoms with E-state index in [4.69, 9.17) is 4.98 Å². The molecule has 2 unspecified atom stereocenters. The Morgan fingerprint density at radius 3 is 2.09 bits per heavy atom.